The van der Waals surface area contributed by atoms with Gasteiger partial charge in [-0.25, -0.2) is 16.8 Å². The van der Waals surface area contributed by atoms with Crippen LogP contribution in [0.4, 0.5) is 0 Å². The molecule has 2 rings (SSSR count). The molecular formula is C22H30Cl2N2O6S2. The van der Waals surface area contributed by atoms with Gasteiger partial charge in [-0.1, -0.05) is 36.2 Å². The Balaban J connectivity index is 2.26. The standard InChI is InChI=1S/C22H30Cl2N2O6S2/c1-16(13-26(17(2)15-27)34(30,31)21-7-5-6-19(24)12-21)22(32-4)14-25(3)33(28,29)20-10-8-18(23)9-11-20/h5-12,16-17,22,27H,13-15H2,1-4H3/t16-,17+,22+/m0/s1. The highest BCUT2D eigenvalue weighted by molar-refractivity contribution is 7.89. The second kappa shape index (κ2) is 12.1. The number of likely N-dealkylation sites (N-methyl/N-ethyl adjacent to an activating group) is 1. The van der Waals surface area contributed by atoms with Crippen molar-refractivity contribution < 1.29 is 26.7 Å². The molecule has 0 aromatic heterocycles. The quantitative estimate of drug-likeness (QED) is 0.433. The van der Waals surface area contributed by atoms with Crippen molar-refractivity contribution in [1.29, 1.82) is 0 Å². The maximum Gasteiger partial charge on any atom is 0.243 e. The van der Waals surface area contributed by atoms with Crippen LogP contribution in [0.15, 0.2) is 58.3 Å². The Bertz CT molecular complexity index is 1160. The van der Waals surface area contributed by atoms with E-state index in [2.05, 4.69) is 0 Å². The summed E-state index contributed by atoms with van der Waals surface area (Å²) in [5.41, 5.74) is 0. The Morgan fingerprint density at radius 3 is 2.06 bits per heavy atom. The predicted molar refractivity (Wildman–Crippen MR) is 133 cm³/mol. The fourth-order valence-electron chi connectivity index (χ4n) is 3.40. The molecule has 0 heterocycles. The Labute approximate surface area is 212 Å². The van der Waals surface area contributed by atoms with Gasteiger partial charge in [0.2, 0.25) is 20.0 Å². The van der Waals surface area contributed by atoms with Crippen LogP contribution in [0.2, 0.25) is 10.0 Å². The van der Waals surface area contributed by atoms with Gasteiger partial charge in [-0.15, -0.1) is 0 Å². The fourth-order valence-corrected chi connectivity index (χ4v) is 6.73. The van der Waals surface area contributed by atoms with E-state index in [4.69, 9.17) is 27.9 Å². The number of hydrogen-bond acceptors (Lipinski definition) is 6. The van der Waals surface area contributed by atoms with Crippen LogP contribution in [0, 0.1) is 5.92 Å². The zero-order valence-electron chi connectivity index (χ0n) is 19.4. The number of ether oxygens (including phenoxy) is 1. The van der Waals surface area contributed by atoms with Crippen LogP contribution in [0.3, 0.4) is 0 Å². The van der Waals surface area contributed by atoms with E-state index in [-0.39, 0.29) is 27.9 Å². The molecule has 0 amide bonds. The lowest BCUT2D eigenvalue weighted by Crippen LogP contribution is -2.47. The third-order valence-corrected chi connectivity index (χ3v) is 9.82. The lowest BCUT2D eigenvalue weighted by atomic mass is 10.0. The van der Waals surface area contributed by atoms with E-state index in [1.165, 1.54) is 60.9 Å². The summed E-state index contributed by atoms with van der Waals surface area (Å²) in [7, 11) is -4.93. The van der Waals surface area contributed by atoms with Crippen molar-refractivity contribution in [3.63, 3.8) is 0 Å². The van der Waals surface area contributed by atoms with Gasteiger partial charge in [0.15, 0.2) is 0 Å². The second-order valence-electron chi connectivity index (χ2n) is 8.05. The van der Waals surface area contributed by atoms with Crippen molar-refractivity contribution in [2.24, 2.45) is 5.92 Å². The molecule has 0 fully saturated rings. The normalized spacial score (nSPS) is 15.4. The highest BCUT2D eigenvalue weighted by atomic mass is 35.5. The molecule has 34 heavy (non-hydrogen) atoms. The zero-order valence-corrected chi connectivity index (χ0v) is 22.6. The summed E-state index contributed by atoms with van der Waals surface area (Å²) < 4.78 is 60.4. The second-order valence-corrected chi connectivity index (χ2v) is 12.9. The summed E-state index contributed by atoms with van der Waals surface area (Å²) in [4.78, 5) is 0.0878. The lowest BCUT2D eigenvalue weighted by Gasteiger charge is -2.33. The molecule has 1 N–H and O–H groups in total. The van der Waals surface area contributed by atoms with Crippen molar-refractivity contribution in [3.8, 4) is 0 Å². The largest absolute Gasteiger partial charge is 0.395 e. The van der Waals surface area contributed by atoms with E-state index in [0.29, 0.717) is 5.02 Å². The molecule has 0 aliphatic carbocycles. The van der Waals surface area contributed by atoms with E-state index in [0.717, 1.165) is 4.31 Å². The SMILES string of the molecule is CO[C@H](CN(C)S(=O)(=O)c1ccc(Cl)cc1)[C@@H](C)CN([C@H](C)CO)S(=O)(=O)c1cccc(Cl)c1. The summed E-state index contributed by atoms with van der Waals surface area (Å²) in [6.45, 7) is 2.94. The molecule has 0 saturated carbocycles. The molecule has 2 aromatic carbocycles. The number of nitrogens with zero attached hydrogens (tertiary/aromatic N) is 2. The maximum absolute atomic E-state index is 13.3. The molecular weight excluding hydrogens is 523 g/mol. The first-order valence-corrected chi connectivity index (χ1v) is 14.1. The van der Waals surface area contributed by atoms with Gasteiger partial charge >= 0.3 is 0 Å². The number of benzene rings is 2. The van der Waals surface area contributed by atoms with E-state index in [1.807, 2.05) is 0 Å². The number of methoxy groups -OCH3 is 1. The van der Waals surface area contributed by atoms with Crippen LogP contribution in [-0.4, -0.2) is 76.6 Å². The molecule has 190 valence electrons. The summed E-state index contributed by atoms with van der Waals surface area (Å²) >= 11 is 11.8. The molecule has 0 unspecified atom stereocenters. The third kappa shape index (κ3) is 6.92. The lowest BCUT2D eigenvalue weighted by molar-refractivity contribution is 0.0360. The van der Waals surface area contributed by atoms with E-state index >= 15 is 0 Å². The summed E-state index contributed by atoms with van der Waals surface area (Å²) in [6, 6.07) is 11.0. The van der Waals surface area contributed by atoms with E-state index in [1.54, 1.807) is 19.9 Å². The van der Waals surface area contributed by atoms with Crippen molar-refractivity contribution in [2.45, 2.75) is 35.8 Å². The number of halogens is 2. The Morgan fingerprint density at radius 1 is 0.912 bits per heavy atom. The zero-order chi connectivity index (χ0) is 25.7. The summed E-state index contributed by atoms with van der Waals surface area (Å²) in [5.74, 6) is -0.421. The topological polar surface area (TPSA) is 104 Å². The van der Waals surface area contributed by atoms with Crippen LogP contribution < -0.4 is 0 Å². The van der Waals surface area contributed by atoms with Crippen molar-refractivity contribution in [3.05, 3.63) is 58.6 Å². The monoisotopic (exact) mass is 552 g/mol. The van der Waals surface area contributed by atoms with Crippen LogP contribution >= 0.6 is 23.2 Å². The average molecular weight is 554 g/mol. The van der Waals surface area contributed by atoms with Crippen LogP contribution in [0.1, 0.15) is 13.8 Å². The molecule has 0 aliphatic rings. The van der Waals surface area contributed by atoms with Gasteiger partial charge in [-0.05, 0) is 55.3 Å². The molecule has 0 bridgehead atoms. The number of rotatable bonds is 12. The first kappa shape index (κ1) is 29.0. The Morgan fingerprint density at radius 2 is 1.53 bits per heavy atom. The van der Waals surface area contributed by atoms with Crippen molar-refractivity contribution in [2.75, 3.05) is 33.9 Å². The number of sulfonamides is 2. The predicted octanol–water partition coefficient (Wildman–Crippen LogP) is 3.34. The number of aliphatic hydroxyl groups excluding tert-OH is 1. The molecule has 2 aromatic rings. The Hall–Kier alpha value is -1.24. The molecule has 0 spiro atoms. The van der Waals surface area contributed by atoms with Crippen molar-refractivity contribution in [1.82, 2.24) is 8.61 Å². The van der Waals surface area contributed by atoms with Gasteiger partial charge in [0.25, 0.3) is 0 Å². The number of aliphatic hydroxyl groups is 1. The minimum Gasteiger partial charge on any atom is -0.395 e. The minimum atomic E-state index is -3.99. The highest BCUT2D eigenvalue weighted by Gasteiger charge is 2.34. The molecule has 0 radical (unpaired) electrons. The third-order valence-electron chi connectivity index (χ3n) is 5.52. The van der Waals surface area contributed by atoms with Crippen LogP contribution in [-0.2, 0) is 24.8 Å². The molecule has 0 saturated heterocycles. The highest BCUT2D eigenvalue weighted by Crippen LogP contribution is 2.25. The van der Waals surface area contributed by atoms with Gasteiger partial charge in [-0.2, -0.15) is 8.61 Å². The van der Waals surface area contributed by atoms with Gasteiger partial charge < -0.3 is 9.84 Å². The minimum absolute atomic E-state index is 0.00361. The maximum atomic E-state index is 13.3. The van der Waals surface area contributed by atoms with Gasteiger partial charge in [0, 0.05) is 43.3 Å². The first-order chi connectivity index (χ1) is 15.8. The molecule has 12 heteroatoms. The van der Waals surface area contributed by atoms with Gasteiger partial charge in [0.05, 0.1) is 22.5 Å². The van der Waals surface area contributed by atoms with Crippen molar-refractivity contribution >= 4 is 43.2 Å². The fraction of sp³-hybridized carbons (Fsp3) is 0.455. The number of hydrogen-bond donors (Lipinski definition) is 1. The molecule has 0 aliphatic heterocycles. The van der Waals surface area contributed by atoms with Gasteiger partial charge in [0.1, 0.15) is 0 Å². The van der Waals surface area contributed by atoms with E-state index in [9.17, 15) is 21.9 Å². The first-order valence-electron chi connectivity index (χ1n) is 10.5. The summed E-state index contributed by atoms with van der Waals surface area (Å²) in [5, 5.41) is 10.4. The van der Waals surface area contributed by atoms with E-state index < -0.39 is 44.7 Å². The van der Waals surface area contributed by atoms with Gasteiger partial charge in [-0.3, -0.25) is 0 Å². The molecule has 8 nitrogen and oxygen atoms in total. The Kier molecular flexibility index (Phi) is 10.3. The smallest absolute Gasteiger partial charge is 0.243 e. The summed E-state index contributed by atoms with van der Waals surface area (Å²) in [6.07, 6.45) is -0.630. The van der Waals surface area contributed by atoms with Crippen LogP contribution in [0.25, 0.3) is 0 Å². The van der Waals surface area contributed by atoms with Crippen LogP contribution in [0.5, 0.6) is 0 Å². The molecule has 3 atom stereocenters. The average Bonchev–Trinajstić information content (AvgIpc) is 2.80.